The zero-order chi connectivity index (χ0) is 17.9. The number of fused-ring (bicyclic) bond motifs is 1. The van der Waals surface area contributed by atoms with Gasteiger partial charge >= 0.3 is 0 Å². The molecule has 0 unspecified atom stereocenters. The molecule has 0 aliphatic carbocycles. The lowest BCUT2D eigenvalue weighted by molar-refractivity contribution is 0.0958. The Bertz CT molecular complexity index is 992. The van der Waals surface area contributed by atoms with Crippen LogP contribution in [0.4, 0.5) is 5.69 Å². The first kappa shape index (κ1) is 16.7. The SMILES string of the molecule is O=C(c1ccc(Cn2ccccc2=O)o1)N1CCCSc2ccccc21. The van der Waals surface area contributed by atoms with E-state index < -0.39 is 0 Å². The summed E-state index contributed by atoms with van der Waals surface area (Å²) in [4.78, 5) is 27.7. The van der Waals surface area contributed by atoms with Gasteiger partial charge in [0.1, 0.15) is 5.76 Å². The molecule has 2 aromatic heterocycles. The fourth-order valence-corrected chi connectivity index (χ4v) is 4.00. The molecule has 0 radical (unpaired) electrons. The van der Waals surface area contributed by atoms with Gasteiger partial charge in [-0.3, -0.25) is 9.59 Å². The van der Waals surface area contributed by atoms with Gasteiger partial charge in [-0.2, -0.15) is 0 Å². The van der Waals surface area contributed by atoms with Crippen LogP contribution in [0.15, 0.2) is 74.9 Å². The molecular weight excluding hydrogens is 348 g/mol. The van der Waals surface area contributed by atoms with Crippen molar-refractivity contribution in [3.8, 4) is 0 Å². The van der Waals surface area contributed by atoms with Gasteiger partial charge in [0.2, 0.25) is 0 Å². The lowest BCUT2D eigenvalue weighted by atomic mass is 10.2. The molecule has 1 aliphatic rings. The number of anilines is 1. The van der Waals surface area contributed by atoms with Crippen molar-refractivity contribution in [2.24, 2.45) is 0 Å². The molecule has 6 heteroatoms. The van der Waals surface area contributed by atoms with E-state index in [2.05, 4.69) is 0 Å². The monoisotopic (exact) mass is 366 g/mol. The Morgan fingerprint density at radius 2 is 1.92 bits per heavy atom. The van der Waals surface area contributed by atoms with Crippen LogP contribution in [-0.2, 0) is 6.54 Å². The van der Waals surface area contributed by atoms with Crippen molar-refractivity contribution in [1.29, 1.82) is 0 Å². The number of pyridine rings is 1. The van der Waals surface area contributed by atoms with Crippen LogP contribution < -0.4 is 10.5 Å². The van der Waals surface area contributed by atoms with Crippen LogP contribution in [0.5, 0.6) is 0 Å². The standard InChI is InChI=1S/C20H18N2O3S/c23-19-8-3-4-11-21(19)14-15-9-10-17(25-15)20(24)22-12-5-13-26-18-7-2-1-6-16(18)22/h1-4,6-11H,5,12-14H2. The number of benzene rings is 1. The average molecular weight is 366 g/mol. The van der Waals surface area contributed by atoms with Crippen LogP contribution in [0.25, 0.3) is 0 Å². The first-order valence-corrected chi connectivity index (χ1v) is 9.49. The number of carbonyl (C=O) groups excluding carboxylic acids is 1. The second-order valence-electron chi connectivity index (χ2n) is 6.06. The zero-order valence-electron chi connectivity index (χ0n) is 14.1. The number of thioether (sulfide) groups is 1. The minimum Gasteiger partial charge on any atom is -0.454 e. The Kier molecular flexibility index (Phi) is 4.67. The maximum atomic E-state index is 13.0. The third-order valence-electron chi connectivity index (χ3n) is 4.28. The summed E-state index contributed by atoms with van der Waals surface area (Å²) in [5, 5.41) is 0. The second-order valence-corrected chi connectivity index (χ2v) is 7.20. The van der Waals surface area contributed by atoms with Gasteiger partial charge in [0.15, 0.2) is 5.76 Å². The van der Waals surface area contributed by atoms with Crippen LogP contribution >= 0.6 is 11.8 Å². The average Bonchev–Trinajstić information content (AvgIpc) is 3.01. The Morgan fingerprint density at radius 1 is 1.08 bits per heavy atom. The van der Waals surface area contributed by atoms with E-state index in [1.54, 1.807) is 51.7 Å². The van der Waals surface area contributed by atoms with Gasteiger partial charge in [-0.15, -0.1) is 11.8 Å². The van der Waals surface area contributed by atoms with E-state index in [1.807, 2.05) is 24.3 Å². The first-order valence-electron chi connectivity index (χ1n) is 8.50. The quantitative estimate of drug-likeness (QED) is 0.710. The Morgan fingerprint density at radius 3 is 2.81 bits per heavy atom. The smallest absolute Gasteiger partial charge is 0.294 e. The number of rotatable bonds is 3. The molecule has 0 spiro atoms. The molecular formula is C20H18N2O3S. The van der Waals surface area contributed by atoms with Crippen LogP contribution in [0.3, 0.4) is 0 Å². The van der Waals surface area contributed by atoms with E-state index in [0.29, 0.717) is 24.6 Å². The summed E-state index contributed by atoms with van der Waals surface area (Å²) in [5.41, 5.74) is 0.826. The van der Waals surface area contributed by atoms with Crippen molar-refractivity contribution in [2.75, 3.05) is 17.2 Å². The highest BCUT2D eigenvalue weighted by Gasteiger charge is 2.24. The molecule has 1 aliphatic heterocycles. The third kappa shape index (κ3) is 3.32. The van der Waals surface area contributed by atoms with E-state index in [-0.39, 0.29) is 11.5 Å². The fraction of sp³-hybridized carbons (Fsp3) is 0.200. The molecule has 0 atom stereocenters. The predicted octanol–water partition coefficient (Wildman–Crippen LogP) is 3.63. The first-order chi connectivity index (χ1) is 12.7. The fourth-order valence-electron chi connectivity index (χ4n) is 3.01. The highest BCUT2D eigenvalue weighted by molar-refractivity contribution is 7.99. The number of furan rings is 1. The van der Waals surface area contributed by atoms with E-state index in [0.717, 1.165) is 22.8 Å². The predicted molar refractivity (Wildman–Crippen MR) is 102 cm³/mol. The van der Waals surface area contributed by atoms with Gasteiger partial charge in [-0.05, 0) is 42.5 Å². The molecule has 1 amide bonds. The Labute approximate surface area is 155 Å². The van der Waals surface area contributed by atoms with Crippen LogP contribution in [0.1, 0.15) is 22.7 Å². The molecule has 3 heterocycles. The second kappa shape index (κ2) is 7.25. The maximum absolute atomic E-state index is 13.0. The van der Waals surface area contributed by atoms with Gasteiger partial charge in [0, 0.05) is 23.7 Å². The number of hydrogen-bond donors (Lipinski definition) is 0. The molecule has 0 fully saturated rings. The summed E-state index contributed by atoms with van der Waals surface area (Å²) in [6.07, 6.45) is 2.63. The minimum atomic E-state index is -0.147. The number of para-hydroxylation sites is 1. The van der Waals surface area contributed by atoms with Crippen molar-refractivity contribution in [1.82, 2.24) is 4.57 Å². The summed E-state index contributed by atoms with van der Waals surface area (Å²) in [5.74, 6) is 1.72. The van der Waals surface area contributed by atoms with E-state index >= 15 is 0 Å². The lowest BCUT2D eigenvalue weighted by Crippen LogP contribution is -2.31. The summed E-state index contributed by atoms with van der Waals surface area (Å²) in [6.45, 7) is 0.969. The van der Waals surface area contributed by atoms with Crippen molar-refractivity contribution in [2.45, 2.75) is 17.9 Å². The highest BCUT2D eigenvalue weighted by Crippen LogP contribution is 2.34. The molecule has 0 N–H and O–H groups in total. The summed E-state index contributed by atoms with van der Waals surface area (Å²) in [6, 6.07) is 16.4. The van der Waals surface area contributed by atoms with Crippen molar-refractivity contribution in [3.63, 3.8) is 0 Å². The molecule has 0 saturated heterocycles. The molecule has 0 bridgehead atoms. The molecule has 26 heavy (non-hydrogen) atoms. The van der Waals surface area contributed by atoms with Crippen LogP contribution in [0, 0.1) is 0 Å². The lowest BCUT2D eigenvalue weighted by Gasteiger charge is -2.21. The van der Waals surface area contributed by atoms with Gasteiger partial charge in [0.05, 0.1) is 12.2 Å². The number of aromatic nitrogens is 1. The number of nitrogens with zero attached hydrogens (tertiary/aromatic N) is 2. The number of carbonyl (C=O) groups is 1. The molecule has 3 aromatic rings. The Hall–Kier alpha value is -2.73. The molecule has 5 nitrogen and oxygen atoms in total. The van der Waals surface area contributed by atoms with Crippen molar-refractivity contribution in [3.05, 3.63) is 82.7 Å². The molecule has 1 aromatic carbocycles. The molecule has 4 rings (SSSR count). The summed E-state index contributed by atoms with van der Waals surface area (Å²) >= 11 is 1.77. The topological polar surface area (TPSA) is 55.5 Å². The van der Waals surface area contributed by atoms with Gasteiger partial charge in [-0.1, -0.05) is 18.2 Å². The van der Waals surface area contributed by atoms with E-state index in [4.69, 9.17) is 4.42 Å². The third-order valence-corrected chi connectivity index (χ3v) is 5.43. The number of amides is 1. The zero-order valence-corrected chi connectivity index (χ0v) is 14.9. The molecule has 132 valence electrons. The maximum Gasteiger partial charge on any atom is 0.294 e. The molecule has 0 saturated carbocycles. The minimum absolute atomic E-state index is 0.102. The van der Waals surface area contributed by atoms with Gasteiger partial charge in [0.25, 0.3) is 11.5 Å². The van der Waals surface area contributed by atoms with Crippen LogP contribution in [0.2, 0.25) is 0 Å². The van der Waals surface area contributed by atoms with Crippen molar-refractivity contribution < 1.29 is 9.21 Å². The normalized spacial score (nSPS) is 13.9. The highest BCUT2D eigenvalue weighted by atomic mass is 32.2. The van der Waals surface area contributed by atoms with Gasteiger partial charge < -0.3 is 13.9 Å². The largest absolute Gasteiger partial charge is 0.454 e. The Balaban J connectivity index is 1.59. The summed E-state index contributed by atoms with van der Waals surface area (Å²) in [7, 11) is 0. The van der Waals surface area contributed by atoms with Crippen LogP contribution in [-0.4, -0.2) is 22.8 Å². The van der Waals surface area contributed by atoms with Gasteiger partial charge in [-0.25, -0.2) is 0 Å². The van der Waals surface area contributed by atoms with Crippen molar-refractivity contribution >= 4 is 23.4 Å². The summed E-state index contributed by atoms with van der Waals surface area (Å²) < 4.78 is 7.30. The van der Waals surface area contributed by atoms with E-state index in [1.165, 1.54) is 6.07 Å². The van der Waals surface area contributed by atoms with E-state index in [9.17, 15) is 9.59 Å². The number of hydrogen-bond acceptors (Lipinski definition) is 4.